The number of aliphatic hydroxyl groups excluding tert-OH is 9. The Labute approximate surface area is 178 Å². The Kier molecular flexibility index (Phi) is 15.2. The molecule has 0 spiro atoms. The van der Waals surface area contributed by atoms with Gasteiger partial charge in [-0.05, 0) is 57.8 Å². The van der Waals surface area contributed by atoms with Gasteiger partial charge in [0, 0.05) is 12.0 Å². The first-order valence-electron chi connectivity index (χ1n) is 10.6. The van der Waals surface area contributed by atoms with Crippen molar-refractivity contribution in [3.05, 3.63) is 0 Å². The number of hydrogen-bond acceptors (Lipinski definition) is 10. The third-order valence-corrected chi connectivity index (χ3v) is 6.12. The van der Waals surface area contributed by atoms with Gasteiger partial charge in [0.2, 0.25) is 0 Å². The van der Waals surface area contributed by atoms with Crippen LogP contribution in [-0.4, -0.2) is 114 Å². The van der Waals surface area contributed by atoms with Crippen LogP contribution in [-0.2, 0) is 0 Å². The summed E-state index contributed by atoms with van der Waals surface area (Å²) in [6.45, 7) is -2.31. The molecule has 4 unspecified atom stereocenters. The second-order valence-corrected chi connectivity index (χ2v) is 8.29. The zero-order chi connectivity index (χ0) is 23.2. The van der Waals surface area contributed by atoms with Gasteiger partial charge in [-0.2, -0.15) is 0 Å². The van der Waals surface area contributed by atoms with E-state index in [9.17, 15) is 40.9 Å². The maximum Gasteiger partial charge on any atom is 0.0772 e. The lowest BCUT2D eigenvalue weighted by molar-refractivity contribution is -0.135. The Hall–Kier alpha value is -0.400. The van der Waals surface area contributed by atoms with Crippen molar-refractivity contribution < 1.29 is 51.1 Å². The highest BCUT2D eigenvalue weighted by atomic mass is 16.3. The van der Waals surface area contributed by atoms with Crippen molar-refractivity contribution in [2.75, 3.05) is 33.0 Å². The summed E-state index contributed by atoms with van der Waals surface area (Å²) in [4.78, 5) is 0. The molecule has 0 aromatic heterocycles. The van der Waals surface area contributed by atoms with E-state index in [-0.39, 0.29) is 64.4 Å². The lowest BCUT2D eigenvalue weighted by Crippen LogP contribution is -2.51. The van der Waals surface area contributed by atoms with Crippen LogP contribution in [0.2, 0.25) is 0 Å². The van der Waals surface area contributed by atoms with E-state index in [2.05, 4.69) is 0 Å². The summed E-state index contributed by atoms with van der Waals surface area (Å²) in [5, 5.41) is 97.5. The van der Waals surface area contributed by atoms with Crippen LogP contribution < -0.4 is 0 Å². The van der Waals surface area contributed by atoms with Gasteiger partial charge in [-0.1, -0.05) is 0 Å². The molecule has 0 bridgehead atoms. The van der Waals surface area contributed by atoms with Gasteiger partial charge in [0.15, 0.2) is 0 Å². The average molecular weight is 443 g/mol. The van der Waals surface area contributed by atoms with E-state index >= 15 is 0 Å². The van der Waals surface area contributed by atoms with Gasteiger partial charge in [-0.3, -0.25) is 0 Å². The molecule has 0 aliphatic carbocycles. The Morgan fingerprint density at radius 3 is 1.03 bits per heavy atom. The van der Waals surface area contributed by atoms with Crippen molar-refractivity contribution in [2.45, 2.75) is 87.8 Å². The minimum atomic E-state index is -1.59. The largest absolute Gasteiger partial charge is 0.396 e. The van der Waals surface area contributed by atoms with Crippen LogP contribution in [0.1, 0.15) is 57.8 Å². The molecular weight excluding hydrogens is 400 g/mol. The summed E-state index contributed by atoms with van der Waals surface area (Å²) in [7, 11) is 0. The zero-order valence-electron chi connectivity index (χ0n) is 17.7. The highest BCUT2D eigenvalue weighted by molar-refractivity contribution is 5.00. The van der Waals surface area contributed by atoms with Gasteiger partial charge in [0.1, 0.15) is 0 Å². The minimum absolute atomic E-state index is 0.00266. The fraction of sp³-hybridized carbons (Fsp3) is 1.00. The molecule has 10 N–H and O–H groups in total. The molecular formula is C20H42O10. The van der Waals surface area contributed by atoms with E-state index in [1.165, 1.54) is 0 Å². The van der Waals surface area contributed by atoms with Crippen LogP contribution in [0.25, 0.3) is 0 Å². The summed E-state index contributed by atoms with van der Waals surface area (Å²) in [5.41, 5.74) is -2.68. The molecule has 30 heavy (non-hydrogen) atoms. The molecule has 0 heterocycles. The molecule has 10 nitrogen and oxygen atoms in total. The monoisotopic (exact) mass is 442 g/mol. The molecule has 0 radical (unpaired) electrons. The molecule has 4 atom stereocenters. The Bertz CT molecular complexity index is 394. The van der Waals surface area contributed by atoms with Crippen LogP contribution >= 0.6 is 0 Å². The molecule has 0 aromatic carbocycles. The smallest absolute Gasteiger partial charge is 0.0772 e. The highest BCUT2D eigenvalue weighted by Gasteiger charge is 2.49. The molecule has 0 fully saturated rings. The van der Waals surface area contributed by atoms with Crippen LogP contribution in [0, 0.1) is 5.41 Å². The molecule has 0 saturated heterocycles. The molecule has 0 amide bonds. The van der Waals surface area contributed by atoms with E-state index in [1.54, 1.807) is 0 Å². The van der Waals surface area contributed by atoms with E-state index in [4.69, 9.17) is 10.2 Å². The molecule has 0 saturated carbocycles. The van der Waals surface area contributed by atoms with Crippen molar-refractivity contribution in [1.29, 1.82) is 0 Å². The Balaban J connectivity index is 5.97. The summed E-state index contributed by atoms with van der Waals surface area (Å²) in [6.07, 6.45) is -3.64. The second kappa shape index (κ2) is 15.4. The fourth-order valence-corrected chi connectivity index (χ4v) is 4.00. The van der Waals surface area contributed by atoms with Crippen LogP contribution in [0.5, 0.6) is 0 Å². The SMILES string of the molecule is OCCC(CCC(O)CO)(CCC(O)CO)C(O)(CCC(O)CO)CCC(O)CO. The first-order chi connectivity index (χ1) is 14.1. The molecule has 0 aliphatic rings. The summed E-state index contributed by atoms with van der Waals surface area (Å²) < 4.78 is 0. The number of hydrogen-bond donors (Lipinski definition) is 10. The van der Waals surface area contributed by atoms with Crippen LogP contribution in [0.3, 0.4) is 0 Å². The van der Waals surface area contributed by atoms with Crippen molar-refractivity contribution in [2.24, 2.45) is 5.41 Å². The maximum absolute atomic E-state index is 11.7. The molecule has 0 aromatic rings. The normalized spacial score (nSPS) is 20.2. The fourth-order valence-electron chi connectivity index (χ4n) is 4.00. The second-order valence-electron chi connectivity index (χ2n) is 8.29. The number of rotatable bonds is 19. The minimum Gasteiger partial charge on any atom is -0.396 e. The molecule has 182 valence electrons. The van der Waals surface area contributed by atoms with Crippen molar-refractivity contribution in [3.8, 4) is 0 Å². The number of aliphatic hydroxyl groups is 10. The quantitative estimate of drug-likeness (QED) is 0.103. The van der Waals surface area contributed by atoms with Gasteiger partial charge in [0.05, 0.1) is 56.4 Å². The van der Waals surface area contributed by atoms with Crippen molar-refractivity contribution in [3.63, 3.8) is 0 Å². The third kappa shape index (κ3) is 9.82. The van der Waals surface area contributed by atoms with Gasteiger partial charge in [0.25, 0.3) is 0 Å². The summed E-state index contributed by atoms with van der Waals surface area (Å²) in [5.74, 6) is 0. The molecule has 0 aliphatic heterocycles. The topological polar surface area (TPSA) is 202 Å². The molecule has 0 rings (SSSR count). The van der Waals surface area contributed by atoms with Gasteiger partial charge >= 0.3 is 0 Å². The lowest BCUT2D eigenvalue weighted by Gasteiger charge is -2.49. The maximum atomic E-state index is 11.7. The first kappa shape index (κ1) is 29.6. The zero-order valence-corrected chi connectivity index (χ0v) is 17.7. The Morgan fingerprint density at radius 2 is 0.767 bits per heavy atom. The predicted octanol–water partition coefficient (Wildman–Crippen LogP) is -2.38. The Morgan fingerprint density at radius 1 is 0.467 bits per heavy atom. The average Bonchev–Trinajstić information content (AvgIpc) is 2.76. The van der Waals surface area contributed by atoms with E-state index in [0.29, 0.717) is 0 Å². The standard InChI is InChI=1S/C20H42O10/c21-10-9-19(5-1-15(26)11-22,6-2-16(27)12-23)20(30,7-3-17(28)13-24)8-4-18(29)14-25/h15-18,21-30H,1-14H2. The van der Waals surface area contributed by atoms with Gasteiger partial charge < -0.3 is 51.1 Å². The molecule has 10 heteroatoms. The van der Waals surface area contributed by atoms with Crippen molar-refractivity contribution >= 4 is 0 Å². The van der Waals surface area contributed by atoms with Crippen LogP contribution in [0.15, 0.2) is 0 Å². The van der Waals surface area contributed by atoms with Crippen LogP contribution in [0.4, 0.5) is 0 Å². The summed E-state index contributed by atoms with van der Waals surface area (Å²) in [6, 6.07) is 0. The predicted molar refractivity (Wildman–Crippen MR) is 108 cm³/mol. The van der Waals surface area contributed by atoms with Gasteiger partial charge in [-0.25, -0.2) is 0 Å². The van der Waals surface area contributed by atoms with E-state index in [0.717, 1.165) is 0 Å². The van der Waals surface area contributed by atoms with E-state index < -0.39 is 61.9 Å². The highest BCUT2D eigenvalue weighted by Crippen LogP contribution is 2.49. The first-order valence-corrected chi connectivity index (χ1v) is 10.6. The van der Waals surface area contributed by atoms with E-state index in [1.807, 2.05) is 0 Å². The summed E-state index contributed by atoms with van der Waals surface area (Å²) >= 11 is 0. The third-order valence-electron chi connectivity index (χ3n) is 6.12. The van der Waals surface area contributed by atoms with Gasteiger partial charge in [-0.15, -0.1) is 0 Å². The van der Waals surface area contributed by atoms with Crippen molar-refractivity contribution in [1.82, 2.24) is 0 Å². The lowest BCUT2D eigenvalue weighted by atomic mass is 9.60.